The Morgan fingerprint density at radius 3 is 2.48 bits per heavy atom. The van der Waals surface area contributed by atoms with E-state index in [-0.39, 0.29) is 17.8 Å². The zero-order valence-electron chi connectivity index (χ0n) is 13.8. The molecule has 1 heterocycles. The second kappa shape index (κ2) is 8.22. The molecule has 2 aromatic rings. The number of nitrogens with one attached hydrogen (secondary N) is 1. The molecular formula is C18H23FN2OS. The molecule has 23 heavy (non-hydrogen) atoms. The van der Waals surface area contributed by atoms with Crippen LogP contribution in [0.15, 0.2) is 35.7 Å². The molecule has 1 aromatic carbocycles. The van der Waals surface area contributed by atoms with Gasteiger partial charge in [0.1, 0.15) is 5.82 Å². The van der Waals surface area contributed by atoms with Crippen LogP contribution in [0.4, 0.5) is 4.39 Å². The van der Waals surface area contributed by atoms with Crippen molar-refractivity contribution in [3.05, 3.63) is 57.5 Å². The third-order valence-corrected chi connectivity index (χ3v) is 4.61. The first-order chi connectivity index (χ1) is 11.0. The van der Waals surface area contributed by atoms with Gasteiger partial charge in [-0.1, -0.05) is 26.0 Å². The van der Waals surface area contributed by atoms with Gasteiger partial charge in [0.15, 0.2) is 0 Å². The van der Waals surface area contributed by atoms with Gasteiger partial charge in [0, 0.05) is 17.5 Å². The van der Waals surface area contributed by atoms with Gasteiger partial charge in [0.2, 0.25) is 5.91 Å². The number of halogens is 1. The summed E-state index contributed by atoms with van der Waals surface area (Å²) in [7, 11) is 0. The lowest BCUT2D eigenvalue weighted by Gasteiger charge is -2.23. The van der Waals surface area contributed by atoms with E-state index in [0.717, 1.165) is 5.56 Å². The normalized spacial score (nSPS) is 11.0. The molecule has 0 aliphatic carbocycles. The van der Waals surface area contributed by atoms with Gasteiger partial charge in [-0.3, -0.25) is 4.79 Å². The van der Waals surface area contributed by atoms with Crippen molar-refractivity contribution < 1.29 is 9.18 Å². The molecule has 0 bridgehead atoms. The number of thiophene rings is 1. The third-order valence-electron chi connectivity index (χ3n) is 3.60. The van der Waals surface area contributed by atoms with Gasteiger partial charge in [-0.15, -0.1) is 11.3 Å². The summed E-state index contributed by atoms with van der Waals surface area (Å²) in [5.41, 5.74) is 2.13. The maximum atomic E-state index is 13.1. The number of carbonyl (C=O) groups excluding carboxylic acids is 1. The standard InChI is InChI=1S/C18H23FN2OS/c1-13(2)20-10-18(22)21(12-17-14(3)8-9-23-17)11-15-4-6-16(19)7-5-15/h4-9,13,20H,10-12H2,1-3H3. The van der Waals surface area contributed by atoms with E-state index in [2.05, 4.69) is 18.3 Å². The molecule has 0 unspecified atom stereocenters. The predicted octanol–water partition coefficient (Wildman–Crippen LogP) is 3.72. The lowest BCUT2D eigenvalue weighted by atomic mass is 10.2. The van der Waals surface area contributed by atoms with Crippen molar-refractivity contribution in [2.24, 2.45) is 0 Å². The van der Waals surface area contributed by atoms with Crippen molar-refractivity contribution >= 4 is 17.2 Å². The molecule has 1 aromatic heterocycles. The largest absolute Gasteiger partial charge is 0.332 e. The van der Waals surface area contributed by atoms with Crippen LogP contribution in [0.5, 0.6) is 0 Å². The molecule has 0 saturated heterocycles. The molecule has 5 heteroatoms. The molecule has 0 radical (unpaired) electrons. The fraction of sp³-hybridized carbons (Fsp3) is 0.389. The Balaban J connectivity index is 2.11. The Bertz CT molecular complexity index is 637. The Labute approximate surface area is 141 Å². The number of carbonyl (C=O) groups is 1. The quantitative estimate of drug-likeness (QED) is 0.837. The van der Waals surface area contributed by atoms with E-state index >= 15 is 0 Å². The number of hydrogen-bond donors (Lipinski definition) is 1. The lowest BCUT2D eigenvalue weighted by molar-refractivity contribution is -0.131. The number of aryl methyl sites for hydroxylation is 1. The van der Waals surface area contributed by atoms with E-state index in [4.69, 9.17) is 0 Å². The van der Waals surface area contributed by atoms with Crippen LogP contribution in [0.25, 0.3) is 0 Å². The minimum Gasteiger partial charge on any atom is -0.332 e. The van der Waals surface area contributed by atoms with Crippen LogP contribution in [-0.4, -0.2) is 23.4 Å². The van der Waals surface area contributed by atoms with Crippen molar-refractivity contribution in [1.29, 1.82) is 0 Å². The molecule has 1 amide bonds. The van der Waals surface area contributed by atoms with Gasteiger partial charge < -0.3 is 10.2 Å². The highest BCUT2D eigenvalue weighted by molar-refractivity contribution is 7.10. The predicted molar refractivity (Wildman–Crippen MR) is 92.8 cm³/mol. The van der Waals surface area contributed by atoms with Crippen molar-refractivity contribution in [2.75, 3.05) is 6.54 Å². The molecule has 2 rings (SSSR count). The summed E-state index contributed by atoms with van der Waals surface area (Å²) in [6.45, 7) is 7.46. The number of hydrogen-bond acceptors (Lipinski definition) is 3. The number of amides is 1. The van der Waals surface area contributed by atoms with Gasteiger partial charge in [-0.05, 0) is 41.6 Å². The highest BCUT2D eigenvalue weighted by Crippen LogP contribution is 2.19. The van der Waals surface area contributed by atoms with Gasteiger partial charge in [0.25, 0.3) is 0 Å². The first-order valence-corrected chi connectivity index (χ1v) is 8.62. The highest BCUT2D eigenvalue weighted by Gasteiger charge is 2.16. The van der Waals surface area contributed by atoms with Crippen LogP contribution >= 0.6 is 11.3 Å². The first kappa shape index (κ1) is 17.6. The van der Waals surface area contributed by atoms with Crippen LogP contribution in [0.2, 0.25) is 0 Å². The van der Waals surface area contributed by atoms with Crippen LogP contribution < -0.4 is 5.32 Å². The summed E-state index contributed by atoms with van der Waals surface area (Å²) < 4.78 is 13.1. The molecular weight excluding hydrogens is 311 g/mol. The van der Waals surface area contributed by atoms with E-state index in [1.165, 1.54) is 22.6 Å². The van der Waals surface area contributed by atoms with Crippen molar-refractivity contribution in [2.45, 2.75) is 39.9 Å². The molecule has 124 valence electrons. The van der Waals surface area contributed by atoms with Gasteiger partial charge in [-0.25, -0.2) is 4.39 Å². The molecule has 0 atom stereocenters. The van der Waals surface area contributed by atoms with E-state index in [0.29, 0.717) is 19.6 Å². The van der Waals surface area contributed by atoms with Crippen molar-refractivity contribution in [1.82, 2.24) is 10.2 Å². The maximum absolute atomic E-state index is 13.1. The van der Waals surface area contributed by atoms with E-state index in [1.807, 2.05) is 24.1 Å². The SMILES string of the molecule is Cc1ccsc1CN(Cc1ccc(F)cc1)C(=O)CNC(C)C. The summed E-state index contributed by atoms with van der Waals surface area (Å²) in [5, 5.41) is 5.21. The minimum atomic E-state index is -0.262. The summed E-state index contributed by atoms with van der Waals surface area (Å²) >= 11 is 1.66. The minimum absolute atomic E-state index is 0.0517. The van der Waals surface area contributed by atoms with E-state index in [9.17, 15) is 9.18 Å². The molecule has 0 aliphatic rings. The van der Waals surface area contributed by atoms with Crippen molar-refractivity contribution in [3.8, 4) is 0 Å². The van der Waals surface area contributed by atoms with Crippen LogP contribution in [0.3, 0.4) is 0 Å². The van der Waals surface area contributed by atoms with Crippen molar-refractivity contribution in [3.63, 3.8) is 0 Å². The lowest BCUT2D eigenvalue weighted by Crippen LogP contribution is -2.39. The molecule has 1 N–H and O–H groups in total. The van der Waals surface area contributed by atoms with E-state index < -0.39 is 0 Å². The summed E-state index contributed by atoms with van der Waals surface area (Å²) in [6.07, 6.45) is 0. The molecule has 0 saturated carbocycles. The number of rotatable bonds is 7. The zero-order valence-corrected chi connectivity index (χ0v) is 14.6. The average molecular weight is 334 g/mol. The summed E-state index contributed by atoms with van der Waals surface area (Å²) in [6, 6.07) is 8.64. The first-order valence-electron chi connectivity index (χ1n) is 7.74. The smallest absolute Gasteiger partial charge is 0.237 e. The van der Waals surface area contributed by atoms with Gasteiger partial charge >= 0.3 is 0 Å². The molecule has 0 aliphatic heterocycles. The Morgan fingerprint density at radius 2 is 1.91 bits per heavy atom. The molecule has 0 fully saturated rings. The Hall–Kier alpha value is -1.72. The van der Waals surface area contributed by atoms with E-state index in [1.54, 1.807) is 23.5 Å². The van der Waals surface area contributed by atoms with Crippen LogP contribution in [-0.2, 0) is 17.9 Å². The topological polar surface area (TPSA) is 32.3 Å². The van der Waals surface area contributed by atoms with Crippen LogP contribution in [0.1, 0.15) is 29.9 Å². The second-order valence-corrected chi connectivity index (χ2v) is 6.94. The Kier molecular flexibility index (Phi) is 6.30. The van der Waals surface area contributed by atoms with Crippen LogP contribution in [0, 0.1) is 12.7 Å². The Morgan fingerprint density at radius 1 is 1.22 bits per heavy atom. The fourth-order valence-electron chi connectivity index (χ4n) is 2.19. The van der Waals surface area contributed by atoms with Gasteiger partial charge in [0.05, 0.1) is 13.1 Å². The third kappa shape index (κ3) is 5.44. The maximum Gasteiger partial charge on any atom is 0.237 e. The molecule has 0 spiro atoms. The molecule has 3 nitrogen and oxygen atoms in total. The zero-order chi connectivity index (χ0) is 16.8. The second-order valence-electron chi connectivity index (χ2n) is 5.94. The average Bonchev–Trinajstić information content (AvgIpc) is 2.91. The highest BCUT2D eigenvalue weighted by atomic mass is 32.1. The number of nitrogens with zero attached hydrogens (tertiary/aromatic N) is 1. The number of benzene rings is 1. The van der Waals surface area contributed by atoms with Gasteiger partial charge in [-0.2, -0.15) is 0 Å². The summed E-state index contributed by atoms with van der Waals surface area (Å²) in [4.78, 5) is 15.6. The summed E-state index contributed by atoms with van der Waals surface area (Å²) in [5.74, 6) is -0.210. The fourth-order valence-corrected chi connectivity index (χ4v) is 3.11. The monoisotopic (exact) mass is 334 g/mol.